The number of fused-ring (bicyclic) bond motifs is 1. The Morgan fingerprint density at radius 1 is 0.967 bits per heavy atom. The maximum Gasteiger partial charge on any atom is 0.182 e. The Labute approximate surface area is 179 Å². The third-order valence-electron chi connectivity index (χ3n) is 5.62. The van der Waals surface area contributed by atoms with Crippen LogP contribution in [0, 0.1) is 0 Å². The van der Waals surface area contributed by atoms with Crippen LogP contribution in [-0.2, 0) is 6.54 Å². The van der Waals surface area contributed by atoms with Crippen molar-refractivity contribution < 1.29 is 0 Å². The van der Waals surface area contributed by atoms with Gasteiger partial charge in [0.25, 0.3) is 0 Å². The fraction of sp³-hybridized carbons (Fsp3) is 0.333. The Morgan fingerprint density at radius 2 is 1.77 bits per heavy atom. The van der Waals surface area contributed by atoms with Crippen molar-refractivity contribution in [2.45, 2.75) is 6.54 Å². The lowest BCUT2D eigenvalue weighted by Gasteiger charge is -2.32. The van der Waals surface area contributed by atoms with Crippen molar-refractivity contribution in [1.82, 2.24) is 40.0 Å². The van der Waals surface area contributed by atoms with Gasteiger partial charge in [-0.2, -0.15) is 10.2 Å². The van der Waals surface area contributed by atoms with E-state index in [1.54, 1.807) is 6.20 Å². The van der Waals surface area contributed by atoms with Gasteiger partial charge >= 0.3 is 0 Å². The second-order valence-electron chi connectivity index (χ2n) is 7.61. The summed E-state index contributed by atoms with van der Waals surface area (Å²) in [5, 5.41) is 22.3. The minimum absolute atomic E-state index is 0.557. The van der Waals surface area contributed by atoms with E-state index in [0.29, 0.717) is 16.4 Å². The van der Waals surface area contributed by atoms with E-state index in [-0.39, 0.29) is 0 Å². The Hall–Kier alpha value is -2.81. The minimum Gasteiger partial charge on any atom is -0.304 e. The van der Waals surface area contributed by atoms with Crippen LogP contribution in [0.25, 0.3) is 33.7 Å². The van der Waals surface area contributed by atoms with Crippen LogP contribution in [0.5, 0.6) is 0 Å². The molecule has 0 amide bonds. The molecule has 154 valence electrons. The zero-order chi connectivity index (χ0) is 20.5. The number of aromatic nitrogens is 6. The predicted molar refractivity (Wildman–Crippen MR) is 117 cm³/mol. The fourth-order valence-electron chi connectivity index (χ4n) is 3.84. The molecular formula is C21H23ClN8. The zero-order valence-corrected chi connectivity index (χ0v) is 17.5. The number of piperazine rings is 1. The standard InChI is InChI=1S/C21H23ClN8/c1-28-9-11-29(12-10-28)13-14-30-21-17(20(27-30)16-7-8-23-24-16)18(22)19(25-26-21)15-5-3-2-4-6-15/h2-8H,9-14H2,1H3,(H,23,24). The van der Waals surface area contributed by atoms with Crippen LogP contribution < -0.4 is 0 Å². The van der Waals surface area contributed by atoms with Crippen LogP contribution in [0.1, 0.15) is 0 Å². The average molecular weight is 423 g/mol. The van der Waals surface area contributed by atoms with Gasteiger partial charge in [-0.25, -0.2) is 4.68 Å². The second kappa shape index (κ2) is 8.14. The van der Waals surface area contributed by atoms with Crippen molar-refractivity contribution in [3.05, 3.63) is 47.6 Å². The highest BCUT2D eigenvalue weighted by Gasteiger charge is 2.22. The highest BCUT2D eigenvalue weighted by atomic mass is 35.5. The molecule has 1 saturated heterocycles. The van der Waals surface area contributed by atoms with Gasteiger partial charge < -0.3 is 4.90 Å². The van der Waals surface area contributed by atoms with Crippen molar-refractivity contribution in [3.8, 4) is 22.6 Å². The molecule has 1 aromatic carbocycles. The molecule has 8 nitrogen and oxygen atoms in total. The van der Waals surface area contributed by atoms with Crippen LogP contribution in [0.4, 0.5) is 0 Å². The number of nitrogens with one attached hydrogen (secondary N) is 1. The highest BCUT2D eigenvalue weighted by molar-refractivity contribution is 6.38. The van der Waals surface area contributed by atoms with E-state index in [4.69, 9.17) is 16.7 Å². The van der Waals surface area contributed by atoms with Crippen LogP contribution in [0.15, 0.2) is 42.6 Å². The maximum atomic E-state index is 6.87. The molecule has 0 radical (unpaired) electrons. The molecule has 9 heteroatoms. The Kier molecular flexibility index (Phi) is 5.20. The summed E-state index contributed by atoms with van der Waals surface area (Å²) >= 11 is 6.87. The van der Waals surface area contributed by atoms with E-state index in [1.165, 1.54) is 0 Å². The summed E-state index contributed by atoms with van der Waals surface area (Å²) in [5.74, 6) is 0. The molecule has 0 bridgehead atoms. The molecule has 4 heterocycles. The lowest BCUT2D eigenvalue weighted by atomic mass is 10.1. The number of halogens is 1. The van der Waals surface area contributed by atoms with Gasteiger partial charge in [-0.15, -0.1) is 10.2 Å². The second-order valence-corrected chi connectivity index (χ2v) is 7.99. The Bertz CT molecular complexity index is 1130. The summed E-state index contributed by atoms with van der Waals surface area (Å²) < 4.78 is 1.91. The van der Waals surface area contributed by atoms with Gasteiger partial charge in [0, 0.05) is 44.5 Å². The first-order valence-corrected chi connectivity index (χ1v) is 10.5. The van der Waals surface area contributed by atoms with Crippen molar-refractivity contribution in [1.29, 1.82) is 0 Å². The molecule has 1 aliphatic heterocycles. The molecule has 1 aliphatic rings. The molecule has 30 heavy (non-hydrogen) atoms. The normalized spacial score (nSPS) is 15.8. The summed E-state index contributed by atoms with van der Waals surface area (Å²) in [6.07, 6.45) is 1.71. The quantitative estimate of drug-likeness (QED) is 0.532. The summed E-state index contributed by atoms with van der Waals surface area (Å²) in [5.41, 5.74) is 3.84. The minimum atomic E-state index is 0.557. The number of H-pyrrole nitrogens is 1. The number of nitrogens with zero attached hydrogens (tertiary/aromatic N) is 7. The smallest absolute Gasteiger partial charge is 0.182 e. The maximum absolute atomic E-state index is 6.87. The van der Waals surface area contributed by atoms with E-state index in [2.05, 4.69) is 37.2 Å². The van der Waals surface area contributed by atoms with E-state index in [0.717, 1.165) is 61.6 Å². The first kappa shape index (κ1) is 19.2. The number of benzene rings is 1. The monoisotopic (exact) mass is 422 g/mol. The first-order valence-electron chi connectivity index (χ1n) is 10.1. The number of hydrogen-bond acceptors (Lipinski definition) is 6. The van der Waals surface area contributed by atoms with Gasteiger partial charge in [0.05, 0.1) is 22.6 Å². The Morgan fingerprint density at radius 3 is 2.50 bits per heavy atom. The molecular weight excluding hydrogens is 400 g/mol. The summed E-state index contributed by atoms with van der Waals surface area (Å²) in [7, 11) is 2.16. The number of aromatic amines is 1. The molecule has 0 spiro atoms. The van der Waals surface area contributed by atoms with Gasteiger partial charge in [0.15, 0.2) is 5.65 Å². The SMILES string of the molecule is CN1CCN(CCn2nc(-c3ccn[nH]3)c3c(Cl)c(-c4ccccc4)nnc32)CC1. The number of rotatable bonds is 5. The van der Waals surface area contributed by atoms with Gasteiger partial charge in [0.1, 0.15) is 11.4 Å². The first-order chi connectivity index (χ1) is 14.7. The largest absolute Gasteiger partial charge is 0.304 e. The van der Waals surface area contributed by atoms with E-state index in [9.17, 15) is 0 Å². The fourth-order valence-corrected chi connectivity index (χ4v) is 4.16. The summed E-state index contributed by atoms with van der Waals surface area (Å²) in [4.78, 5) is 4.81. The molecule has 0 unspecified atom stereocenters. The van der Waals surface area contributed by atoms with Crippen molar-refractivity contribution in [3.63, 3.8) is 0 Å². The lowest BCUT2D eigenvalue weighted by molar-refractivity contribution is 0.149. The number of likely N-dealkylation sites (N-methyl/N-ethyl adjacent to an activating group) is 1. The van der Waals surface area contributed by atoms with Crippen LogP contribution in [0.3, 0.4) is 0 Å². The van der Waals surface area contributed by atoms with Gasteiger partial charge in [-0.05, 0) is 13.1 Å². The summed E-state index contributed by atoms with van der Waals surface area (Å²) in [6, 6.07) is 11.8. The molecule has 5 rings (SSSR count). The van der Waals surface area contributed by atoms with E-state index >= 15 is 0 Å². The predicted octanol–water partition coefficient (Wildman–Crippen LogP) is 2.78. The zero-order valence-electron chi connectivity index (χ0n) is 16.8. The van der Waals surface area contributed by atoms with Gasteiger partial charge in [0.2, 0.25) is 0 Å². The topological polar surface area (TPSA) is 78.8 Å². The molecule has 0 atom stereocenters. The number of hydrogen-bond donors (Lipinski definition) is 1. The molecule has 3 aromatic heterocycles. The van der Waals surface area contributed by atoms with Crippen molar-refractivity contribution >= 4 is 22.6 Å². The third kappa shape index (κ3) is 3.58. The van der Waals surface area contributed by atoms with Crippen molar-refractivity contribution in [2.24, 2.45) is 0 Å². The molecule has 0 aliphatic carbocycles. The molecule has 1 fully saturated rings. The third-order valence-corrected chi connectivity index (χ3v) is 5.99. The van der Waals surface area contributed by atoms with Gasteiger partial charge in [-0.3, -0.25) is 10.00 Å². The molecule has 4 aromatic rings. The average Bonchev–Trinajstić information content (AvgIpc) is 3.43. The van der Waals surface area contributed by atoms with E-state index < -0.39 is 0 Å². The molecule has 1 N–H and O–H groups in total. The van der Waals surface area contributed by atoms with Crippen LogP contribution in [-0.4, -0.2) is 79.7 Å². The lowest BCUT2D eigenvalue weighted by Crippen LogP contribution is -2.45. The van der Waals surface area contributed by atoms with Crippen LogP contribution >= 0.6 is 11.6 Å². The van der Waals surface area contributed by atoms with E-state index in [1.807, 2.05) is 41.1 Å². The Balaban J connectivity index is 1.54. The summed E-state index contributed by atoms with van der Waals surface area (Å²) in [6.45, 7) is 5.94. The molecule has 0 saturated carbocycles. The van der Waals surface area contributed by atoms with Gasteiger partial charge in [-0.1, -0.05) is 41.9 Å². The highest BCUT2D eigenvalue weighted by Crippen LogP contribution is 2.36. The van der Waals surface area contributed by atoms with Crippen LogP contribution in [0.2, 0.25) is 5.02 Å². The van der Waals surface area contributed by atoms with Crippen molar-refractivity contribution in [2.75, 3.05) is 39.8 Å².